The molecule has 0 bridgehead atoms. The van der Waals surface area contributed by atoms with Gasteiger partial charge in [-0.25, -0.2) is 0 Å². The van der Waals surface area contributed by atoms with Crippen molar-refractivity contribution in [2.75, 3.05) is 5.73 Å². The highest BCUT2D eigenvalue weighted by molar-refractivity contribution is 5.91. The maximum absolute atomic E-state index is 5.89. The quantitative estimate of drug-likeness (QED) is 0.735. The zero-order chi connectivity index (χ0) is 10.8. The summed E-state index contributed by atoms with van der Waals surface area (Å²) in [5.41, 5.74) is 9.54. The molecule has 0 amide bonds. The van der Waals surface area contributed by atoms with Crippen LogP contribution in [-0.4, -0.2) is 0 Å². The number of anilines is 1. The third kappa shape index (κ3) is 1.70. The van der Waals surface area contributed by atoms with Gasteiger partial charge in [-0.05, 0) is 46.9 Å². The average molecular weight is 199 g/mol. The summed E-state index contributed by atoms with van der Waals surface area (Å²) in [6.07, 6.45) is 2.12. The van der Waals surface area contributed by atoms with Crippen LogP contribution in [0.3, 0.4) is 0 Å². The first-order chi connectivity index (χ1) is 7.26. The molecule has 1 nitrogen and oxygen atoms in total. The minimum atomic E-state index is 0.868. The smallest absolute Gasteiger partial charge is 0.0323 e. The molecule has 0 aliphatic carbocycles. The van der Waals surface area contributed by atoms with Crippen molar-refractivity contribution in [3.8, 4) is 0 Å². The molecule has 0 saturated heterocycles. The highest BCUT2D eigenvalue weighted by atomic mass is 14.5. The lowest BCUT2D eigenvalue weighted by molar-refractivity contribution is 1.12. The van der Waals surface area contributed by atoms with Gasteiger partial charge in [-0.2, -0.15) is 0 Å². The van der Waals surface area contributed by atoms with Crippen LogP contribution in [0.1, 0.15) is 25.0 Å². The molecule has 15 heavy (non-hydrogen) atoms. The number of fused-ring (bicyclic) bond motifs is 1. The van der Waals surface area contributed by atoms with E-state index >= 15 is 0 Å². The molecule has 0 atom stereocenters. The van der Waals surface area contributed by atoms with E-state index in [4.69, 9.17) is 5.73 Å². The first-order valence-corrected chi connectivity index (χ1v) is 5.56. The molecule has 0 fully saturated rings. The number of nitrogens with two attached hydrogens (primary N) is 1. The number of nitrogen functional groups attached to an aromatic ring is 1. The summed E-state index contributed by atoms with van der Waals surface area (Å²) in [6.45, 7) is 4.38. The van der Waals surface area contributed by atoms with Gasteiger partial charge in [0.25, 0.3) is 0 Å². The van der Waals surface area contributed by atoms with Gasteiger partial charge in [0, 0.05) is 5.69 Å². The Morgan fingerprint density at radius 1 is 1.00 bits per heavy atom. The third-order valence-electron chi connectivity index (χ3n) is 2.93. The van der Waals surface area contributed by atoms with Gasteiger partial charge in [0.2, 0.25) is 0 Å². The number of aryl methyl sites for hydroxylation is 2. The van der Waals surface area contributed by atoms with Gasteiger partial charge in [-0.15, -0.1) is 0 Å². The second-order valence-electron chi connectivity index (χ2n) is 3.90. The van der Waals surface area contributed by atoms with E-state index in [2.05, 4.69) is 44.2 Å². The van der Waals surface area contributed by atoms with Crippen molar-refractivity contribution in [2.45, 2.75) is 26.7 Å². The van der Waals surface area contributed by atoms with Crippen LogP contribution >= 0.6 is 0 Å². The summed E-state index contributed by atoms with van der Waals surface area (Å²) in [5.74, 6) is 0. The predicted octanol–water partition coefficient (Wildman–Crippen LogP) is 3.55. The summed E-state index contributed by atoms with van der Waals surface area (Å²) < 4.78 is 0. The molecule has 0 spiro atoms. The maximum Gasteiger partial charge on any atom is 0.0323 e. The van der Waals surface area contributed by atoms with E-state index in [0.717, 1.165) is 18.5 Å². The predicted molar refractivity (Wildman–Crippen MR) is 67.1 cm³/mol. The molecule has 2 rings (SSSR count). The molecule has 0 aliphatic heterocycles. The molecular weight excluding hydrogens is 182 g/mol. The average Bonchev–Trinajstić information content (AvgIpc) is 2.26. The molecule has 2 aromatic carbocycles. The Balaban J connectivity index is 2.84. The fraction of sp³-hybridized carbons (Fsp3) is 0.286. The van der Waals surface area contributed by atoms with Crippen LogP contribution in [0.25, 0.3) is 10.8 Å². The zero-order valence-electron chi connectivity index (χ0n) is 9.38. The monoisotopic (exact) mass is 199 g/mol. The van der Waals surface area contributed by atoms with E-state index < -0.39 is 0 Å². The normalized spacial score (nSPS) is 10.8. The van der Waals surface area contributed by atoms with Crippen molar-refractivity contribution in [1.82, 2.24) is 0 Å². The fourth-order valence-corrected chi connectivity index (χ4v) is 2.20. The van der Waals surface area contributed by atoms with Crippen molar-refractivity contribution in [3.05, 3.63) is 41.5 Å². The summed E-state index contributed by atoms with van der Waals surface area (Å²) in [5, 5.41) is 2.67. The molecule has 0 heterocycles. The van der Waals surface area contributed by atoms with Gasteiger partial charge in [-0.3, -0.25) is 0 Å². The molecule has 0 radical (unpaired) electrons. The fourth-order valence-electron chi connectivity index (χ4n) is 2.20. The summed E-state index contributed by atoms with van der Waals surface area (Å²) >= 11 is 0. The summed E-state index contributed by atoms with van der Waals surface area (Å²) in [7, 11) is 0. The first-order valence-electron chi connectivity index (χ1n) is 5.56. The molecule has 2 aromatic rings. The van der Waals surface area contributed by atoms with Gasteiger partial charge >= 0.3 is 0 Å². The Kier molecular flexibility index (Phi) is 2.63. The Labute approximate surface area is 90.9 Å². The topological polar surface area (TPSA) is 26.0 Å². The standard InChI is InChI=1S/C14H17N/c1-3-10-6-5-7-12-9-13(15)8-11(4-2)14(10)12/h5-9H,3-4,15H2,1-2H3. The van der Waals surface area contributed by atoms with E-state index in [1.807, 2.05) is 0 Å². The molecular formula is C14H17N. The third-order valence-corrected chi connectivity index (χ3v) is 2.93. The Hall–Kier alpha value is -1.50. The lowest BCUT2D eigenvalue weighted by atomic mass is 9.96. The van der Waals surface area contributed by atoms with Crippen LogP contribution in [-0.2, 0) is 12.8 Å². The van der Waals surface area contributed by atoms with Crippen LogP contribution in [0, 0.1) is 0 Å². The zero-order valence-corrected chi connectivity index (χ0v) is 9.38. The highest BCUT2D eigenvalue weighted by Crippen LogP contribution is 2.26. The molecule has 0 aromatic heterocycles. The molecule has 0 aliphatic rings. The van der Waals surface area contributed by atoms with Crippen molar-refractivity contribution in [1.29, 1.82) is 0 Å². The van der Waals surface area contributed by atoms with Crippen molar-refractivity contribution in [2.24, 2.45) is 0 Å². The van der Waals surface area contributed by atoms with Gasteiger partial charge < -0.3 is 5.73 Å². The van der Waals surface area contributed by atoms with E-state index in [0.29, 0.717) is 0 Å². The second-order valence-corrected chi connectivity index (χ2v) is 3.90. The van der Waals surface area contributed by atoms with Crippen molar-refractivity contribution < 1.29 is 0 Å². The lowest BCUT2D eigenvalue weighted by Crippen LogP contribution is -1.93. The number of rotatable bonds is 2. The number of hydrogen-bond acceptors (Lipinski definition) is 1. The van der Waals surface area contributed by atoms with E-state index in [1.165, 1.54) is 21.9 Å². The molecule has 78 valence electrons. The van der Waals surface area contributed by atoms with Crippen LogP contribution in [0.5, 0.6) is 0 Å². The van der Waals surface area contributed by atoms with Crippen molar-refractivity contribution >= 4 is 16.5 Å². The Morgan fingerprint density at radius 3 is 2.40 bits per heavy atom. The molecule has 0 unspecified atom stereocenters. The van der Waals surface area contributed by atoms with Crippen LogP contribution < -0.4 is 5.73 Å². The Bertz CT molecular complexity index is 486. The molecule has 0 saturated carbocycles. The van der Waals surface area contributed by atoms with Gasteiger partial charge in [-0.1, -0.05) is 32.0 Å². The van der Waals surface area contributed by atoms with Crippen LogP contribution in [0.4, 0.5) is 5.69 Å². The number of benzene rings is 2. The minimum absolute atomic E-state index is 0.868. The van der Waals surface area contributed by atoms with Crippen LogP contribution in [0.2, 0.25) is 0 Å². The van der Waals surface area contributed by atoms with Gasteiger partial charge in [0.15, 0.2) is 0 Å². The summed E-state index contributed by atoms with van der Waals surface area (Å²) in [4.78, 5) is 0. The summed E-state index contributed by atoms with van der Waals surface area (Å²) in [6, 6.07) is 10.6. The van der Waals surface area contributed by atoms with Gasteiger partial charge in [0.05, 0.1) is 0 Å². The van der Waals surface area contributed by atoms with Gasteiger partial charge in [0.1, 0.15) is 0 Å². The van der Waals surface area contributed by atoms with E-state index in [1.54, 1.807) is 0 Å². The lowest BCUT2D eigenvalue weighted by Gasteiger charge is -2.10. The minimum Gasteiger partial charge on any atom is -0.399 e. The molecule has 2 N–H and O–H groups in total. The molecule has 1 heteroatoms. The maximum atomic E-state index is 5.89. The highest BCUT2D eigenvalue weighted by Gasteiger charge is 2.04. The van der Waals surface area contributed by atoms with E-state index in [-0.39, 0.29) is 0 Å². The second kappa shape index (κ2) is 3.93. The number of hydrogen-bond donors (Lipinski definition) is 1. The van der Waals surface area contributed by atoms with Crippen LogP contribution in [0.15, 0.2) is 30.3 Å². The largest absolute Gasteiger partial charge is 0.399 e. The van der Waals surface area contributed by atoms with E-state index in [9.17, 15) is 0 Å². The Morgan fingerprint density at radius 2 is 1.73 bits per heavy atom. The first kappa shape index (κ1) is 10.0. The SMILES string of the molecule is CCc1cccc2cc(N)cc(CC)c12. The van der Waals surface area contributed by atoms with Crippen molar-refractivity contribution in [3.63, 3.8) is 0 Å².